The Kier molecular flexibility index (Phi) is 7.08. The molecule has 1 aromatic carbocycles. The van der Waals surface area contributed by atoms with E-state index in [2.05, 4.69) is 0 Å². The molecular formula is C34H44O7. The highest BCUT2D eigenvalue weighted by molar-refractivity contribution is 6.25. The molecule has 4 aliphatic rings. The summed E-state index contributed by atoms with van der Waals surface area (Å²) < 4.78 is 0. The lowest BCUT2D eigenvalue weighted by molar-refractivity contribution is -0.171. The fourth-order valence-corrected chi connectivity index (χ4v) is 9.08. The van der Waals surface area contributed by atoms with Crippen LogP contribution in [-0.4, -0.2) is 43.4 Å². The van der Waals surface area contributed by atoms with E-state index in [9.17, 15) is 34.8 Å². The van der Waals surface area contributed by atoms with Gasteiger partial charge in [0.15, 0.2) is 17.2 Å². The van der Waals surface area contributed by atoms with Crippen molar-refractivity contribution in [2.45, 2.75) is 105 Å². The number of hydrogen-bond donors (Lipinski definition) is 4. The van der Waals surface area contributed by atoms with Crippen LogP contribution in [0, 0.1) is 35.5 Å². The number of fused-ring (bicyclic) bond motifs is 3. The first-order valence-corrected chi connectivity index (χ1v) is 15.1. The monoisotopic (exact) mass is 564 g/mol. The molecule has 4 N–H and O–H groups in total. The van der Waals surface area contributed by atoms with Crippen molar-refractivity contribution < 1.29 is 34.8 Å². The third-order valence-corrected chi connectivity index (χ3v) is 10.9. The van der Waals surface area contributed by atoms with Crippen molar-refractivity contribution in [3.63, 3.8) is 0 Å². The minimum Gasteiger partial charge on any atom is -0.511 e. The van der Waals surface area contributed by atoms with E-state index < -0.39 is 51.0 Å². The molecule has 222 valence electrons. The minimum atomic E-state index is -2.58. The van der Waals surface area contributed by atoms with Crippen molar-refractivity contribution in [3.05, 3.63) is 51.0 Å². The van der Waals surface area contributed by atoms with Crippen molar-refractivity contribution in [2.75, 3.05) is 0 Å². The van der Waals surface area contributed by atoms with Gasteiger partial charge in [0.1, 0.15) is 22.8 Å². The average Bonchev–Trinajstić information content (AvgIpc) is 2.87. The maximum atomic E-state index is 14.3. The normalized spacial score (nSPS) is 32.2. The first-order valence-electron chi connectivity index (χ1n) is 15.1. The molecule has 1 fully saturated rings. The molecule has 1 aromatic rings. The lowest BCUT2D eigenvalue weighted by atomic mass is 9.44. The second-order valence-electron chi connectivity index (χ2n) is 14.1. The van der Waals surface area contributed by atoms with Crippen molar-refractivity contribution in [1.82, 2.24) is 0 Å². The number of aryl methyl sites for hydroxylation is 2. The van der Waals surface area contributed by atoms with Gasteiger partial charge in [-0.1, -0.05) is 65.9 Å². The Bertz CT molecular complexity index is 1410. The van der Waals surface area contributed by atoms with Gasteiger partial charge >= 0.3 is 0 Å². The van der Waals surface area contributed by atoms with E-state index in [4.69, 9.17) is 0 Å². The lowest BCUT2D eigenvalue weighted by Gasteiger charge is -2.59. The number of ketones is 3. The van der Waals surface area contributed by atoms with E-state index in [0.29, 0.717) is 29.9 Å². The Morgan fingerprint density at radius 1 is 1.07 bits per heavy atom. The van der Waals surface area contributed by atoms with Crippen LogP contribution in [0.25, 0.3) is 0 Å². The van der Waals surface area contributed by atoms with E-state index in [-0.39, 0.29) is 35.0 Å². The van der Waals surface area contributed by atoms with Crippen LogP contribution in [0.4, 0.5) is 0 Å². The van der Waals surface area contributed by atoms with Gasteiger partial charge in [0.05, 0.1) is 5.56 Å². The topological polar surface area (TPSA) is 132 Å². The van der Waals surface area contributed by atoms with Crippen LogP contribution < -0.4 is 0 Å². The first-order chi connectivity index (χ1) is 19.1. The van der Waals surface area contributed by atoms with Crippen molar-refractivity contribution in [3.8, 4) is 5.75 Å². The predicted octanol–water partition coefficient (Wildman–Crippen LogP) is 6.17. The summed E-state index contributed by atoms with van der Waals surface area (Å²) >= 11 is 0. The number of aliphatic hydroxyl groups is 3. The van der Waals surface area contributed by atoms with E-state index in [1.165, 1.54) is 32.1 Å². The van der Waals surface area contributed by atoms with E-state index in [1.54, 1.807) is 6.92 Å². The Morgan fingerprint density at radius 3 is 2.29 bits per heavy atom. The van der Waals surface area contributed by atoms with Gasteiger partial charge in [-0.25, -0.2) is 0 Å². The van der Waals surface area contributed by atoms with Gasteiger partial charge < -0.3 is 20.4 Å². The van der Waals surface area contributed by atoms with E-state index in [0.717, 1.165) is 18.9 Å². The van der Waals surface area contributed by atoms with E-state index >= 15 is 0 Å². The van der Waals surface area contributed by atoms with Crippen LogP contribution >= 0.6 is 0 Å². The van der Waals surface area contributed by atoms with Crippen LogP contribution in [0.15, 0.2) is 28.7 Å². The Labute approximate surface area is 242 Å². The van der Waals surface area contributed by atoms with Gasteiger partial charge in [0.25, 0.3) is 0 Å². The highest BCUT2D eigenvalue weighted by atomic mass is 16.3. The van der Waals surface area contributed by atoms with Gasteiger partial charge in [0.2, 0.25) is 5.78 Å². The Morgan fingerprint density at radius 2 is 1.71 bits per heavy atom. The van der Waals surface area contributed by atoms with Crippen molar-refractivity contribution in [2.24, 2.45) is 28.6 Å². The van der Waals surface area contributed by atoms with Gasteiger partial charge in [0, 0.05) is 22.3 Å². The molecule has 1 unspecified atom stereocenters. The summed E-state index contributed by atoms with van der Waals surface area (Å²) in [5, 5.41) is 46.7. The number of allylic oxidation sites excluding steroid dienone is 2. The van der Waals surface area contributed by atoms with Crippen LogP contribution in [0.3, 0.4) is 0 Å². The number of aromatic hydroxyl groups is 1. The number of Topliss-reactive ketones (excluding diaryl/α,β-unsaturated/α-hetero) is 3. The van der Waals surface area contributed by atoms with Crippen molar-refractivity contribution >= 4 is 17.3 Å². The number of carbonyl (C=O) groups is 3. The molecule has 7 nitrogen and oxygen atoms in total. The van der Waals surface area contributed by atoms with Gasteiger partial charge in [-0.15, -0.1) is 0 Å². The molecule has 5 rings (SSSR count). The fourth-order valence-electron chi connectivity index (χ4n) is 9.08. The molecule has 0 spiro atoms. The SMILES string of the molecule is CC(=O)C1=C(O)C(C(C)C)[C@@]2(C)C[C@@]3(C)Cc4c(C)cc(CCC5CCCCC5)c(O)c4C(=O)C3=C(O)[C@@]2(O)C1=O. The second-order valence-corrected chi connectivity index (χ2v) is 14.1. The molecule has 7 heteroatoms. The quantitative estimate of drug-likeness (QED) is 0.315. The number of aliphatic hydroxyl groups excluding tert-OH is 2. The summed E-state index contributed by atoms with van der Waals surface area (Å²) in [5.41, 5.74) is -3.19. The lowest BCUT2D eigenvalue weighted by Crippen LogP contribution is -2.67. The third kappa shape index (κ3) is 4.05. The van der Waals surface area contributed by atoms with Crippen molar-refractivity contribution in [1.29, 1.82) is 0 Å². The molecule has 0 aliphatic heterocycles. The first kappa shape index (κ1) is 29.6. The standard InChI is InChI=1S/C34H44O7/c1-17(2)25-28(37)23(19(4)35)30(39)34(41)31(40)26-29(38)24-22(15-32(26,5)16-33(25,34)6)18(3)14-21(27(24)36)13-12-20-10-8-7-9-11-20/h14,17,20,25,36-37,40-41H,7-13,15-16H2,1-6H3/t25?,32-,33-,34+/m1/s1. The number of hydrogen-bond acceptors (Lipinski definition) is 7. The summed E-state index contributed by atoms with van der Waals surface area (Å²) in [4.78, 5) is 40.6. The Balaban J connectivity index is 1.66. The zero-order valence-electron chi connectivity index (χ0n) is 25.2. The van der Waals surface area contributed by atoms with Gasteiger partial charge in [-0.05, 0) is 68.1 Å². The third-order valence-electron chi connectivity index (χ3n) is 10.9. The molecule has 0 heterocycles. The van der Waals surface area contributed by atoms with Gasteiger partial charge in [-0.3, -0.25) is 14.4 Å². The smallest absolute Gasteiger partial charge is 0.209 e. The molecule has 1 saturated carbocycles. The zero-order chi connectivity index (χ0) is 30.2. The Hall–Kier alpha value is -2.93. The number of benzene rings is 1. The van der Waals surface area contributed by atoms with Crippen LogP contribution in [0.1, 0.15) is 107 Å². The predicted molar refractivity (Wildman–Crippen MR) is 155 cm³/mol. The molecule has 0 saturated heterocycles. The number of carbonyl (C=O) groups excluding carboxylic acids is 3. The summed E-state index contributed by atoms with van der Waals surface area (Å²) in [6.45, 7) is 10.2. The summed E-state index contributed by atoms with van der Waals surface area (Å²) in [6.07, 6.45) is 8.05. The van der Waals surface area contributed by atoms with Crippen LogP contribution in [0.5, 0.6) is 5.75 Å². The largest absolute Gasteiger partial charge is 0.511 e. The maximum absolute atomic E-state index is 14.3. The molecule has 0 aromatic heterocycles. The fraction of sp³-hybridized carbons (Fsp3) is 0.618. The van der Waals surface area contributed by atoms with Gasteiger partial charge in [-0.2, -0.15) is 0 Å². The summed E-state index contributed by atoms with van der Waals surface area (Å²) in [7, 11) is 0. The molecule has 4 atom stereocenters. The maximum Gasteiger partial charge on any atom is 0.209 e. The number of rotatable bonds is 5. The van der Waals surface area contributed by atoms with Crippen LogP contribution in [0.2, 0.25) is 0 Å². The molecular weight excluding hydrogens is 520 g/mol. The molecule has 0 amide bonds. The van der Waals surface area contributed by atoms with Crippen LogP contribution in [-0.2, 0) is 22.4 Å². The molecule has 0 radical (unpaired) electrons. The van der Waals surface area contributed by atoms with E-state index in [1.807, 2.05) is 33.8 Å². The summed E-state index contributed by atoms with van der Waals surface area (Å²) in [5.74, 6) is -4.15. The highest BCUT2D eigenvalue weighted by Crippen LogP contribution is 2.65. The highest BCUT2D eigenvalue weighted by Gasteiger charge is 2.71. The zero-order valence-corrected chi connectivity index (χ0v) is 25.2. The molecule has 41 heavy (non-hydrogen) atoms. The molecule has 4 aliphatic carbocycles. The number of phenolic OH excluding ortho intramolecular Hbond substituents is 1. The average molecular weight is 565 g/mol. The summed E-state index contributed by atoms with van der Waals surface area (Å²) in [6, 6.07) is 1.97. The number of phenols is 1. The molecule has 0 bridgehead atoms. The minimum absolute atomic E-state index is 0.0916. The second kappa shape index (κ2) is 9.82.